The van der Waals surface area contributed by atoms with Gasteiger partial charge in [0.1, 0.15) is 6.61 Å². The minimum atomic E-state index is 0.0321. The molecule has 0 radical (unpaired) electrons. The van der Waals surface area contributed by atoms with Gasteiger partial charge in [0.2, 0.25) is 0 Å². The Labute approximate surface area is 148 Å². The highest BCUT2D eigenvalue weighted by molar-refractivity contribution is 8.00. The molecule has 126 valence electrons. The van der Waals surface area contributed by atoms with Crippen molar-refractivity contribution in [1.82, 2.24) is 0 Å². The van der Waals surface area contributed by atoms with Crippen molar-refractivity contribution in [2.24, 2.45) is 0 Å². The minimum Gasteiger partial charge on any atom is -0.367 e. The van der Waals surface area contributed by atoms with Gasteiger partial charge in [-0.05, 0) is 36.3 Å². The molecule has 1 saturated heterocycles. The van der Waals surface area contributed by atoms with Gasteiger partial charge in [-0.15, -0.1) is 0 Å². The lowest BCUT2D eigenvalue weighted by Crippen LogP contribution is -2.38. The number of carbonyl (C=O) groups excluding carboxylic acids is 1. The van der Waals surface area contributed by atoms with E-state index in [9.17, 15) is 4.79 Å². The average Bonchev–Trinajstić information content (AvgIpc) is 3.14. The Morgan fingerprint density at radius 3 is 2.46 bits per heavy atom. The molecule has 3 rings (SSSR count). The maximum Gasteiger partial charge on any atom is 0.253 e. The predicted molar refractivity (Wildman–Crippen MR) is 100 cm³/mol. The van der Waals surface area contributed by atoms with Crippen molar-refractivity contribution >= 4 is 23.4 Å². The average molecular weight is 341 g/mol. The lowest BCUT2D eigenvalue weighted by Gasteiger charge is -2.25. The molecular weight excluding hydrogens is 318 g/mol. The van der Waals surface area contributed by atoms with Crippen molar-refractivity contribution in [3.8, 4) is 0 Å². The van der Waals surface area contributed by atoms with Crippen LogP contribution >= 0.6 is 11.8 Å². The van der Waals surface area contributed by atoms with Gasteiger partial charge in [0.15, 0.2) is 0 Å². The Bertz CT molecular complexity index is 627. The summed E-state index contributed by atoms with van der Waals surface area (Å²) in [5, 5.41) is 0.531. The second-order valence-corrected chi connectivity index (χ2v) is 7.36. The molecule has 1 atom stereocenters. The van der Waals surface area contributed by atoms with Gasteiger partial charge < -0.3 is 9.64 Å². The first-order chi connectivity index (χ1) is 11.8. The van der Waals surface area contributed by atoms with E-state index in [0.717, 1.165) is 17.8 Å². The molecule has 0 aromatic heterocycles. The molecule has 0 N–H and O–H groups in total. The van der Waals surface area contributed by atoms with E-state index in [4.69, 9.17) is 4.74 Å². The van der Waals surface area contributed by atoms with Gasteiger partial charge in [0.25, 0.3) is 5.91 Å². The van der Waals surface area contributed by atoms with Crippen molar-refractivity contribution in [3.63, 3.8) is 0 Å². The number of rotatable bonds is 7. The maximum atomic E-state index is 12.7. The highest BCUT2D eigenvalue weighted by Crippen LogP contribution is 2.28. The number of benzene rings is 2. The van der Waals surface area contributed by atoms with Crippen molar-refractivity contribution in [2.45, 2.75) is 24.7 Å². The fourth-order valence-electron chi connectivity index (χ4n) is 2.86. The van der Waals surface area contributed by atoms with E-state index < -0.39 is 0 Å². The van der Waals surface area contributed by atoms with Crippen molar-refractivity contribution < 1.29 is 9.53 Å². The topological polar surface area (TPSA) is 29.5 Å². The van der Waals surface area contributed by atoms with E-state index in [0.29, 0.717) is 11.9 Å². The number of ether oxygens (including phenoxy) is 1. The zero-order valence-corrected chi connectivity index (χ0v) is 14.6. The molecule has 24 heavy (non-hydrogen) atoms. The summed E-state index contributed by atoms with van der Waals surface area (Å²) in [6.07, 6.45) is 2.43. The highest BCUT2D eigenvalue weighted by Gasteiger charge is 2.23. The molecule has 0 spiro atoms. The summed E-state index contributed by atoms with van der Waals surface area (Å²) in [5.41, 5.74) is 2.04. The Morgan fingerprint density at radius 2 is 1.79 bits per heavy atom. The predicted octanol–water partition coefficient (Wildman–Crippen LogP) is 4.13. The van der Waals surface area contributed by atoms with E-state index in [1.165, 1.54) is 18.6 Å². The number of hydrogen-bond acceptors (Lipinski definition) is 3. The quantitative estimate of drug-likeness (QED) is 0.758. The molecule has 3 nitrogen and oxygen atoms in total. The van der Waals surface area contributed by atoms with Gasteiger partial charge >= 0.3 is 0 Å². The third kappa shape index (κ3) is 4.86. The van der Waals surface area contributed by atoms with Crippen LogP contribution in [0.3, 0.4) is 0 Å². The largest absolute Gasteiger partial charge is 0.367 e. The number of anilines is 1. The number of hydrogen-bond donors (Lipinski definition) is 0. The molecule has 1 unspecified atom stereocenters. The number of nitrogens with zero attached hydrogens (tertiary/aromatic N) is 1. The zero-order chi connectivity index (χ0) is 16.6. The van der Waals surface area contributed by atoms with E-state index in [2.05, 4.69) is 0 Å². The molecular formula is C20H23NO2S. The molecule has 2 aromatic carbocycles. The Kier molecular flexibility index (Phi) is 6.33. The maximum absolute atomic E-state index is 12.7. The first-order valence-corrected chi connectivity index (χ1v) is 9.46. The van der Waals surface area contributed by atoms with Crippen LogP contribution in [0.15, 0.2) is 60.7 Å². The number of para-hydroxylation sites is 1. The first-order valence-electron chi connectivity index (χ1n) is 8.41. The van der Waals surface area contributed by atoms with Crippen molar-refractivity contribution in [2.75, 3.05) is 23.8 Å². The fourth-order valence-corrected chi connectivity index (χ4v) is 4.11. The molecule has 1 amide bonds. The lowest BCUT2D eigenvalue weighted by atomic mass is 10.2. The molecule has 0 saturated carbocycles. The lowest BCUT2D eigenvalue weighted by molar-refractivity contribution is -0.123. The third-order valence-electron chi connectivity index (χ3n) is 4.12. The fraction of sp³-hybridized carbons (Fsp3) is 0.350. The number of thioether (sulfide) groups is 1. The smallest absolute Gasteiger partial charge is 0.253 e. The van der Waals surface area contributed by atoms with Crippen LogP contribution in [0.4, 0.5) is 5.69 Å². The molecule has 1 heterocycles. The minimum absolute atomic E-state index is 0.0321. The highest BCUT2D eigenvalue weighted by atomic mass is 32.2. The van der Waals surface area contributed by atoms with Gasteiger partial charge in [-0.1, -0.05) is 48.5 Å². The van der Waals surface area contributed by atoms with Gasteiger partial charge in [-0.2, -0.15) is 11.8 Å². The van der Waals surface area contributed by atoms with Gasteiger partial charge in [0, 0.05) is 17.5 Å². The monoisotopic (exact) mass is 341 g/mol. The first kappa shape index (κ1) is 17.1. The van der Waals surface area contributed by atoms with E-state index in [1.807, 2.05) is 77.3 Å². The van der Waals surface area contributed by atoms with E-state index in [-0.39, 0.29) is 12.5 Å². The van der Waals surface area contributed by atoms with Crippen LogP contribution in [0.2, 0.25) is 0 Å². The van der Waals surface area contributed by atoms with Gasteiger partial charge in [-0.3, -0.25) is 4.79 Å². The third-order valence-corrected chi connectivity index (χ3v) is 5.50. The van der Waals surface area contributed by atoms with Crippen LogP contribution in [0.5, 0.6) is 0 Å². The van der Waals surface area contributed by atoms with Crippen molar-refractivity contribution in [1.29, 1.82) is 0 Å². The summed E-state index contributed by atoms with van der Waals surface area (Å²) in [6, 6.07) is 19.9. The van der Waals surface area contributed by atoms with Gasteiger partial charge in [-0.25, -0.2) is 0 Å². The second kappa shape index (κ2) is 8.90. The summed E-state index contributed by atoms with van der Waals surface area (Å²) < 4.78 is 5.65. The SMILES string of the molecule is O=C(COCc1ccccc1)N(CC1CCCS1)c1ccccc1. The summed E-state index contributed by atoms with van der Waals surface area (Å²) >= 11 is 1.97. The molecule has 4 heteroatoms. The molecule has 1 aliphatic heterocycles. The normalized spacial score (nSPS) is 16.9. The second-order valence-electron chi connectivity index (χ2n) is 5.95. The Balaban J connectivity index is 1.60. The van der Waals surface area contributed by atoms with Crippen LogP contribution in [-0.4, -0.2) is 30.1 Å². The number of amides is 1. The summed E-state index contributed by atoms with van der Waals surface area (Å²) in [4.78, 5) is 14.6. The molecule has 2 aromatic rings. The number of carbonyl (C=O) groups is 1. The zero-order valence-electron chi connectivity index (χ0n) is 13.8. The molecule has 0 bridgehead atoms. The summed E-state index contributed by atoms with van der Waals surface area (Å²) in [7, 11) is 0. The Hall–Kier alpha value is -1.78. The van der Waals surface area contributed by atoms with Crippen LogP contribution < -0.4 is 4.90 Å². The summed E-state index contributed by atoms with van der Waals surface area (Å²) in [6.45, 7) is 1.34. The van der Waals surface area contributed by atoms with Crippen LogP contribution in [0.25, 0.3) is 0 Å². The van der Waals surface area contributed by atoms with E-state index >= 15 is 0 Å². The van der Waals surface area contributed by atoms with Crippen LogP contribution in [0.1, 0.15) is 18.4 Å². The molecule has 1 aliphatic rings. The van der Waals surface area contributed by atoms with E-state index in [1.54, 1.807) is 0 Å². The standard InChI is InChI=1S/C20H23NO2S/c22-20(16-23-15-17-8-3-1-4-9-17)21(14-19-12-7-13-24-19)18-10-5-2-6-11-18/h1-6,8-11,19H,7,12-16H2. The van der Waals surface area contributed by atoms with Crippen LogP contribution in [0, 0.1) is 0 Å². The van der Waals surface area contributed by atoms with Gasteiger partial charge in [0.05, 0.1) is 6.61 Å². The molecule has 1 fully saturated rings. The van der Waals surface area contributed by atoms with Crippen molar-refractivity contribution in [3.05, 3.63) is 66.2 Å². The van der Waals surface area contributed by atoms with Crippen LogP contribution in [-0.2, 0) is 16.1 Å². The summed E-state index contributed by atoms with van der Waals surface area (Å²) in [5.74, 6) is 1.23. The Morgan fingerprint density at radius 1 is 1.08 bits per heavy atom. The molecule has 0 aliphatic carbocycles.